The highest BCUT2D eigenvalue weighted by atomic mass is 32.2. The van der Waals surface area contributed by atoms with Crippen LogP contribution in [0.25, 0.3) is 0 Å². The summed E-state index contributed by atoms with van der Waals surface area (Å²) in [6.45, 7) is 7.14. The Balaban J connectivity index is 2.05. The van der Waals surface area contributed by atoms with Crippen molar-refractivity contribution in [3.63, 3.8) is 0 Å². The molecular formula is C30H36FN3O4S. The highest BCUT2D eigenvalue weighted by molar-refractivity contribution is 7.92. The molecule has 2 unspecified atom stereocenters. The minimum Gasteiger partial charge on any atom is -0.352 e. The molecule has 208 valence electrons. The van der Waals surface area contributed by atoms with Crippen LogP contribution in [0.5, 0.6) is 0 Å². The Hall–Kier alpha value is -3.72. The molecule has 39 heavy (non-hydrogen) atoms. The summed E-state index contributed by atoms with van der Waals surface area (Å²) in [6.07, 6.45) is 1.06. The predicted octanol–water partition coefficient (Wildman–Crippen LogP) is 5.05. The first kappa shape index (κ1) is 29.8. The van der Waals surface area contributed by atoms with Gasteiger partial charge in [0, 0.05) is 12.6 Å². The molecule has 0 heterocycles. The molecule has 0 fully saturated rings. The zero-order valence-corrected chi connectivity index (χ0v) is 23.6. The van der Waals surface area contributed by atoms with Crippen LogP contribution in [-0.2, 0) is 26.2 Å². The summed E-state index contributed by atoms with van der Waals surface area (Å²) in [6, 6.07) is 19.3. The van der Waals surface area contributed by atoms with Gasteiger partial charge in [-0.1, -0.05) is 56.3 Å². The lowest BCUT2D eigenvalue weighted by molar-refractivity contribution is -0.140. The third kappa shape index (κ3) is 7.44. The Bertz CT molecular complexity index is 1360. The average Bonchev–Trinajstić information content (AvgIpc) is 2.93. The van der Waals surface area contributed by atoms with Crippen LogP contribution in [0, 0.1) is 12.7 Å². The summed E-state index contributed by atoms with van der Waals surface area (Å²) in [5.74, 6) is -1.38. The summed E-state index contributed by atoms with van der Waals surface area (Å²) in [5, 5.41) is 2.96. The van der Waals surface area contributed by atoms with Gasteiger partial charge in [-0.25, -0.2) is 12.8 Å². The number of aryl methyl sites for hydroxylation is 1. The second kappa shape index (κ2) is 13.4. The van der Waals surface area contributed by atoms with Crippen molar-refractivity contribution >= 4 is 27.5 Å². The Morgan fingerprint density at radius 1 is 0.897 bits per heavy atom. The zero-order chi connectivity index (χ0) is 28.6. The first-order valence-corrected chi connectivity index (χ1v) is 14.5. The van der Waals surface area contributed by atoms with Gasteiger partial charge >= 0.3 is 0 Å². The van der Waals surface area contributed by atoms with Crippen molar-refractivity contribution in [2.45, 2.75) is 64.1 Å². The molecule has 0 saturated carbocycles. The SMILES string of the molecule is CCC(C)NC(=O)C(CC)N(Cc1ccccc1C)C(=O)CN(c1ccc(F)cc1)S(=O)(=O)c1ccccc1. The van der Waals surface area contributed by atoms with Crippen molar-refractivity contribution in [1.29, 1.82) is 0 Å². The highest BCUT2D eigenvalue weighted by Crippen LogP contribution is 2.25. The monoisotopic (exact) mass is 553 g/mol. The van der Waals surface area contributed by atoms with E-state index in [0.29, 0.717) is 6.42 Å². The lowest BCUT2D eigenvalue weighted by Crippen LogP contribution is -2.53. The maximum atomic E-state index is 14.0. The first-order valence-electron chi connectivity index (χ1n) is 13.1. The number of carbonyl (C=O) groups excluding carboxylic acids is 2. The van der Waals surface area contributed by atoms with Crippen LogP contribution in [0.2, 0.25) is 0 Å². The number of rotatable bonds is 12. The van der Waals surface area contributed by atoms with E-state index in [1.807, 2.05) is 52.0 Å². The van der Waals surface area contributed by atoms with Crippen LogP contribution < -0.4 is 9.62 Å². The molecule has 0 aromatic heterocycles. The van der Waals surface area contributed by atoms with Gasteiger partial charge < -0.3 is 10.2 Å². The average molecular weight is 554 g/mol. The number of nitrogens with zero attached hydrogens (tertiary/aromatic N) is 2. The number of halogens is 1. The Morgan fingerprint density at radius 2 is 1.51 bits per heavy atom. The molecule has 9 heteroatoms. The minimum atomic E-state index is -4.19. The zero-order valence-electron chi connectivity index (χ0n) is 22.8. The number of anilines is 1. The number of amides is 2. The van der Waals surface area contributed by atoms with E-state index in [2.05, 4.69) is 5.32 Å². The number of hydrogen-bond donors (Lipinski definition) is 1. The third-order valence-corrected chi connectivity index (χ3v) is 8.50. The second-order valence-corrected chi connectivity index (χ2v) is 11.4. The van der Waals surface area contributed by atoms with E-state index in [-0.39, 0.29) is 29.1 Å². The maximum Gasteiger partial charge on any atom is 0.264 e. The summed E-state index contributed by atoms with van der Waals surface area (Å²) >= 11 is 0. The molecule has 0 bridgehead atoms. The van der Waals surface area contributed by atoms with Crippen LogP contribution in [0.3, 0.4) is 0 Å². The normalized spacial score (nSPS) is 12.8. The van der Waals surface area contributed by atoms with E-state index < -0.39 is 34.3 Å². The van der Waals surface area contributed by atoms with Crippen molar-refractivity contribution < 1.29 is 22.4 Å². The van der Waals surface area contributed by atoms with Crippen LogP contribution in [0.15, 0.2) is 83.8 Å². The van der Waals surface area contributed by atoms with Crippen molar-refractivity contribution in [1.82, 2.24) is 10.2 Å². The van der Waals surface area contributed by atoms with E-state index in [1.54, 1.807) is 18.2 Å². The third-order valence-electron chi connectivity index (χ3n) is 6.71. The van der Waals surface area contributed by atoms with Crippen LogP contribution in [0.4, 0.5) is 10.1 Å². The predicted molar refractivity (Wildman–Crippen MR) is 151 cm³/mol. The molecule has 0 radical (unpaired) electrons. The molecule has 0 spiro atoms. The first-order chi connectivity index (χ1) is 18.6. The number of hydrogen-bond acceptors (Lipinski definition) is 4. The smallest absolute Gasteiger partial charge is 0.264 e. The van der Waals surface area contributed by atoms with Crippen molar-refractivity contribution in [3.8, 4) is 0 Å². The number of benzene rings is 3. The van der Waals surface area contributed by atoms with Gasteiger partial charge in [0.1, 0.15) is 18.4 Å². The summed E-state index contributed by atoms with van der Waals surface area (Å²) in [5.41, 5.74) is 1.93. The number of sulfonamides is 1. The lowest BCUT2D eigenvalue weighted by atomic mass is 10.1. The minimum absolute atomic E-state index is 0.00543. The molecule has 3 aromatic carbocycles. The summed E-state index contributed by atoms with van der Waals surface area (Å²) < 4.78 is 42.1. The van der Waals surface area contributed by atoms with Gasteiger partial charge in [-0.15, -0.1) is 0 Å². The molecule has 0 aliphatic heterocycles. The van der Waals surface area contributed by atoms with Crippen LogP contribution in [-0.4, -0.2) is 43.8 Å². The molecule has 2 atom stereocenters. The van der Waals surface area contributed by atoms with Crippen molar-refractivity contribution in [2.24, 2.45) is 0 Å². The van der Waals surface area contributed by atoms with Crippen molar-refractivity contribution in [2.75, 3.05) is 10.8 Å². The molecule has 0 aliphatic rings. The van der Waals surface area contributed by atoms with Gasteiger partial charge in [-0.2, -0.15) is 0 Å². The molecule has 1 N–H and O–H groups in total. The van der Waals surface area contributed by atoms with E-state index in [4.69, 9.17) is 0 Å². The molecule has 7 nitrogen and oxygen atoms in total. The highest BCUT2D eigenvalue weighted by Gasteiger charge is 2.34. The van der Waals surface area contributed by atoms with Gasteiger partial charge in [-0.3, -0.25) is 13.9 Å². The van der Waals surface area contributed by atoms with Gasteiger partial charge in [0.15, 0.2) is 0 Å². The number of nitrogens with one attached hydrogen (secondary N) is 1. The van der Waals surface area contributed by atoms with E-state index in [1.165, 1.54) is 29.2 Å². The number of carbonyl (C=O) groups is 2. The quantitative estimate of drug-likeness (QED) is 0.340. The second-order valence-electron chi connectivity index (χ2n) is 9.49. The van der Waals surface area contributed by atoms with E-state index in [9.17, 15) is 22.4 Å². The van der Waals surface area contributed by atoms with Gasteiger partial charge in [-0.05, 0) is 74.2 Å². The fourth-order valence-electron chi connectivity index (χ4n) is 4.19. The fraction of sp³-hybridized carbons (Fsp3) is 0.333. The fourth-order valence-corrected chi connectivity index (χ4v) is 5.62. The van der Waals surface area contributed by atoms with E-state index >= 15 is 0 Å². The van der Waals surface area contributed by atoms with Gasteiger partial charge in [0.2, 0.25) is 11.8 Å². The van der Waals surface area contributed by atoms with Gasteiger partial charge in [0.25, 0.3) is 10.0 Å². The molecule has 3 aromatic rings. The van der Waals surface area contributed by atoms with E-state index in [0.717, 1.165) is 34.0 Å². The Morgan fingerprint density at radius 3 is 2.10 bits per heavy atom. The molecular weight excluding hydrogens is 517 g/mol. The lowest BCUT2D eigenvalue weighted by Gasteiger charge is -2.34. The summed E-state index contributed by atoms with van der Waals surface area (Å²) in [4.78, 5) is 28.7. The van der Waals surface area contributed by atoms with Gasteiger partial charge in [0.05, 0.1) is 10.6 Å². The van der Waals surface area contributed by atoms with Crippen LogP contribution in [0.1, 0.15) is 44.7 Å². The standard InChI is InChI=1S/C30H36FN3O4S/c1-5-23(4)32-30(36)28(6-2)33(20-24-13-11-10-12-22(24)3)29(35)21-34(26-18-16-25(31)17-19-26)39(37,38)27-14-8-7-9-15-27/h7-19,23,28H,5-6,20-21H2,1-4H3,(H,32,36). The molecule has 0 aliphatic carbocycles. The Labute approximate surface area is 230 Å². The maximum absolute atomic E-state index is 14.0. The molecule has 3 rings (SSSR count). The largest absolute Gasteiger partial charge is 0.352 e. The Kier molecular flexibility index (Phi) is 10.2. The topological polar surface area (TPSA) is 86.8 Å². The van der Waals surface area contributed by atoms with Crippen LogP contribution >= 0.6 is 0 Å². The summed E-state index contributed by atoms with van der Waals surface area (Å²) in [7, 11) is -4.19. The molecule has 0 saturated heterocycles. The van der Waals surface area contributed by atoms with Crippen molar-refractivity contribution in [3.05, 3.63) is 95.8 Å². The molecule has 2 amide bonds.